The van der Waals surface area contributed by atoms with Crippen LogP contribution in [0.25, 0.3) is 0 Å². The second kappa shape index (κ2) is 14.0. The number of carbonyl (C=O) groups is 2. The van der Waals surface area contributed by atoms with E-state index in [0.717, 1.165) is 15.4 Å². The Balaban J connectivity index is 2.04. The van der Waals surface area contributed by atoms with Crippen LogP contribution in [0.2, 0.25) is 0 Å². The molecule has 3 aromatic rings. The van der Waals surface area contributed by atoms with Gasteiger partial charge in [0.2, 0.25) is 11.8 Å². The van der Waals surface area contributed by atoms with Gasteiger partial charge in [-0.2, -0.15) is 0 Å². The van der Waals surface area contributed by atoms with Crippen LogP contribution < -0.4 is 19.1 Å². The molecule has 0 heterocycles. The monoisotopic (exact) mass is 581 g/mol. The summed E-state index contributed by atoms with van der Waals surface area (Å²) in [5.74, 6) is 0.389. The quantitative estimate of drug-likeness (QED) is 0.321. The number of nitrogens with one attached hydrogen (secondary N) is 1. The highest BCUT2D eigenvalue weighted by molar-refractivity contribution is 7.92. The van der Waals surface area contributed by atoms with Gasteiger partial charge in [0.25, 0.3) is 10.0 Å². The van der Waals surface area contributed by atoms with Gasteiger partial charge < -0.3 is 19.7 Å². The van der Waals surface area contributed by atoms with Gasteiger partial charge in [0.15, 0.2) is 0 Å². The normalized spacial score (nSPS) is 12.0. The first-order chi connectivity index (χ1) is 19.5. The van der Waals surface area contributed by atoms with Crippen LogP contribution in [0.1, 0.15) is 31.9 Å². The minimum absolute atomic E-state index is 0.0424. The summed E-state index contributed by atoms with van der Waals surface area (Å²) >= 11 is 0. The fraction of sp³-hybridized carbons (Fsp3) is 0.355. The molecule has 0 aliphatic rings. The summed E-state index contributed by atoms with van der Waals surface area (Å²) in [5, 5.41) is 2.88. The van der Waals surface area contributed by atoms with Gasteiger partial charge in [-0.05, 0) is 61.7 Å². The molecule has 0 aromatic heterocycles. The molecule has 2 amide bonds. The molecule has 3 aromatic carbocycles. The predicted octanol–water partition coefficient (Wildman–Crippen LogP) is 4.40. The Kier molecular flexibility index (Phi) is 10.8. The first-order valence-electron chi connectivity index (χ1n) is 13.4. The lowest BCUT2D eigenvalue weighted by atomic mass is 10.1. The number of ether oxygens (including phenoxy) is 2. The zero-order chi connectivity index (χ0) is 30.2. The van der Waals surface area contributed by atoms with Crippen LogP contribution >= 0.6 is 0 Å². The lowest BCUT2D eigenvalue weighted by Gasteiger charge is -2.32. The van der Waals surface area contributed by atoms with Crippen molar-refractivity contribution in [1.82, 2.24) is 10.2 Å². The average molecular weight is 582 g/mol. The maximum Gasteiger partial charge on any atom is 0.264 e. The largest absolute Gasteiger partial charge is 0.497 e. The van der Waals surface area contributed by atoms with Gasteiger partial charge >= 0.3 is 0 Å². The summed E-state index contributed by atoms with van der Waals surface area (Å²) in [6, 6.07) is 19.3. The zero-order valence-corrected chi connectivity index (χ0v) is 25.3. The van der Waals surface area contributed by atoms with E-state index in [2.05, 4.69) is 5.32 Å². The van der Waals surface area contributed by atoms with Gasteiger partial charge in [0.1, 0.15) is 24.1 Å². The Morgan fingerprint density at radius 3 is 2.10 bits per heavy atom. The highest BCUT2D eigenvalue weighted by atomic mass is 32.2. The summed E-state index contributed by atoms with van der Waals surface area (Å²) in [6.07, 6.45) is 0. The molecule has 220 valence electrons. The van der Waals surface area contributed by atoms with Crippen LogP contribution in [-0.4, -0.2) is 58.5 Å². The van der Waals surface area contributed by atoms with Gasteiger partial charge in [-0.25, -0.2) is 8.42 Å². The van der Waals surface area contributed by atoms with Gasteiger partial charge in [-0.3, -0.25) is 13.9 Å². The smallest absolute Gasteiger partial charge is 0.264 e. The van der Waals surface area contributed by atoms with E-state index in [-0.39, 0.29) is 29.0 Å². The van der Waals surface area contributed by atoms with Crippen molar-refractivity contribution in [2.45, 2.75) is 45.2 Å². The van der Waals surface area contributed by atoms with Crippen LogP contribution in [0.4, 0.5) is 5.69 Å². The van der Waals surface area contributed by atoms with Crippen LogP contribution in [-0.2, 0) is 26.2 Å². The molecule has 0 fully saturated rings. The van der Waals surface area contributed by atoms with Crippen molar-refractivity contribution in [1.29, 1.82) is 0 Å². The summed E-state index contributed by atoms with van der Waals surface area (Å²) in [6.45, 7) is 7.44. The molecule has 0 saturated carbocycles. The molecule has 0 unspecified atom stereocenters. The van der Waals surface area contributed by atoms with Crippen molar-refractivity contribution in [3.05, 3.63) is 83.9 Å². The summed E-state index contributed by atoms with van der Waals surface area (Å²) in [4.78, 5) is 28.6. The van der Waals surface area contributed by atoms with Gasteiger partial charge in [0, 0.05) is 19.2 Å². The fourth-order valence-electron chi connectivity index (χ4n) is 4.13. The highest BCUT2D eigenvalue weighted by Gasteiger charge is 2.32. The average Bonchev–Trinajstić information content (AvgIpc) is 2.97. The molecule has 3 rings (SSSR count). The third-order valence-corrected chi connectivity index (χ3v) is 8.36. The molecule has 0 aliphatic carbocycles. The van der Waals surface area contributed by atoms with E-state index in [0.29, 0.717) is 18.0 Å². The summed E-state index contributed by atoms with van der Waals surface area (Å²) in [5.41, 5.74) is 1.89. The Morgan fingerprint density at radius 1 is 0.878 bits per heavy atom. The van der Waals surface area contributed by atoms with E-state index in [1.54, 1.807) is 68.6 Å². The van der Waals surface area contributed by atoms with Crippen molar-refractivity contribution in [3.8, 4) is 11.5 Å². The molecule has 0 aliphatic heterocycles. The number of hydrogen-bond donors (Lipinski definition) is 1. The fourth-order valence-corrected chi connectivity index (χ4v) is 5.54. The van der Waals surface area contributed by atoms with Crippen molar-refractivity contribution < 1.29 is 27.5 Å². The summed E-state index contributed by atoms with van der Waals surface area (Å²) in [7, 11) is -1.14. The van der Waals surface area contributed by atoms with Crippen molar-refractivity contribution in [2.24, 2.45) is 5.92 Å². The Hall–Kier alpha value is -4.05. The van der Waals surface area contributed by atoms with Crippen LogP contribution in [0, 0.1) is 12.8 Å². The van der Waals surface area contributed by atoms with Crippen molar-refractivity contribution in [3.63, 3.8) is 0 Å². The van der Waals surface area contributed by atoms with E-state index in [9.17, 15) is 18.0 Å². The Bertz CT molecular complexity index is 1440. The van der Waals surface area contributed by atoms with E-state index < -0.39 is 28.5 Å². The van der Waals surface area contributed by atoms with Crippen LogP contribution in [0.15, 0.2) is 77.7 Å². The number of benzene rings is 3. The number of sulfonamides is 1. The number of aryl methyl sites for hydroxylation is 1. The Labute approximate surface area is 243 Å². The highest BCUT2D eigenvalue weighted by Crippen LogP contribution is 2.28. The second-order valence-corrected chi connectivity index (χ2v) is 12.1. The van der Waals surface area contributed by atoms with Gasteiger partial charge in [-0.15, -0.1) is 0 Å². The molecule has 0 saturated heterocycles. The molecular formula is C31H39N3O6S. The number of carbonyl (C=O) groups excluding carboxylic acids is 2. The SMILES string of the molecule is COc1cccc(CN(C(=O)CN(c2cccc(OC)c2)S(=O)(=O)c2ccc(C)cc2)[C@@H](C)C(=O)NCC(C)C)c1. The van der Waals surface area contributed by atoms with E-state index in [1.165, 1.54) is 24.1 Å². The summed E-state index contributed by atoms with van der Waals surface area (Å²) < 4.78 is 39.6. The first-order valence-corrected chi connectivity index (χ1v) is 14.8. The molecule has 9 nitrogen and oxygen atoms in total. The number of amides is 2. The predicted molar refractivity (Wildman–Crippen MR) is 160 cm³/mol. The number of methoxy groups -OCH3 is 2. The minimum Gasteiger partial charge on any atom is -0.497 e. The molecule has 41 heavy (non-hydrogen) atoms. The van der Waals surface area contributed by atoms with Crippen molar-refractivity contribution in [2.75, 3.05) is 31.6 Å². The van der Waals surface area contributed by atoms with Crippen LogP contribution in [0.5, 0.6) is 11.5 Å². The molecule has 0 radical (unpaired) electrons. The van der Waals surface area contributed by atoms with Gasteiger partial charge in [-0.1, -0.05) is 49.7 Å². The third-order valence-electron chi connectivity index (χ3n) is 6.57. The van der Waals surface area contributed by atoms with Gasteiger partial charge in [0.05, 0.1) is 24.8 Å². The van der Waals surface area contributed by atoms with E-state index >= 15 is 0 Å². The molecule has 1 N–H and O–H groups in total. The molecular weight excluding hydrogens is 542 g/mol. The topological polar surface area (TPSA) is 105 Å². The number of anilines is 1. The molecule has 0 bridgehead atoms. The van der Waals surface area contributed by atoms with E-state index in [1.807, 2.05) is 26.8 Å². The lowest BCUT2D eigenvalue weighted by molar-refractivity contribution is -0.139. The number of rotatable bonds is 13. The third kappa shape index (κ3) is 8.23. The second-order valence-electron chi connectivity index (χ2n) is 10.2. The first kappa shape index (κ1) is 31.5. The lowest BCUT2D eigenvalue weighted by Crippen LogP contribution is -2.51. The maximum absolute atomic E-state index is 14.0. The molecule has 0 spiro atoms. The molecule has 1 atom stereocenters. The Morgan fingerprint density at radius 2 is 1.49 bits per heavy atom. The van der Waals surface area contributed by atoms with E-state index in [4.69, 9.17) is 9.47 Å². The minimum atomic E-state index is -4.17. The van der Waals surface area contributed by atoms with Crippen LogP contribution in [0.3, 0.4) is 0 Å². The standard InChI is InChI=1S/C31H39N3O6S/c1-22(2)19-32-31(36)24(4)33(20-25-9-7-11-27(17-25)39-5)30(35)21-34(26-10-8-12-28(18-26)40-6)41(37,38)29-15-13-23(3)14-16-29/h7-18,22,24H,19-21H2,1-6H3,(H,32,36)/t24-/m0/s1. The van der Waals surface area contributed by atoms with Crippen molar-refractivity contribution >= 4 is 27.5 Å². The zero-order valence-electron chi connectivity index (χ0n) is 24.5. The number of hydrogen-bond acceptors (Lipinski definition) is 6. The molecule has 10 heteroatoms. The number of nitrogens with zero attached hydrogens (tertiary/aromatic N) is 2. The maximum atomic E-state index is 14.0.